The van der Waals surface area contributed by atoms with Gasteiger partial charge in [-0.3, -0.25) is 4.79 Å². The van der Waals surface area contributed by atoms with Gasteiger partial charge >= 0.3 is 0 Å². The molecule has 1 aliphatic heterocycles. The van der Waals surface area contributed by atoms with Gasteiger partial charge < -0.3 is 10.2 Å². The van der Waals surface area contributed by atoms with Crippen LogP contribution in [0.1, 0.15) is 19.4 Å². The highest BCUT2D eigenvalue weighted by Crippen LogP contribution is 2.31. The maximum atomic E-state index is 13.7. The molecule has 0 radical (unpaired) electrons. The second-order valence-electron chi connectivity index (χ2n) is 6.72. The summed E-state index contributed by atoms with van der Waals surface area (Å²) in [6, 6.07) is 7.73. The first-order valence-corrected chi connectivity index (χ1v) is 10.8. The highest BCUT2D eigenvalue weighted by atomic mass is 32.2. The van der Waals surface area contributed by atoms with Gasteiger partial charge in [0.2, 0.25) is 15.9 Å². The Kier molecular flexibility index (Phi) is 6.18. The molecule has 0 saturated heterocycles. The highest BCUT2D eigenvalue weighted by molar-refractivity contribution is 7.89. The zero-order chi connectivity index (χ0) is 21.2. The van der Waals surface area contributed by atoms with Gasteiger partial charge in [0.05, 0.1) is 17.1 Å². The molecule has 3 rings (SSSR count). The lowest BCUT2D eigenvalue weighted by atomic mass is 10.2. The SMILES string of the molecule is CCN(CC)S(=O)(=O)c1ccc2c(c1)CCN2CC(=O)Nc1cc(F)ccc1F. The van der Waals surface area contributed by atoms with E-state index in [1.807, 2.05) is 0 Å². The quantitative estimate of drug-likeness (QED) is 0.743. The number of nitrogens with zero attached hydrogens (tertiary/aromatic N) is 2. The molecule has 0 aliphatic carbocycles. The Hall–Kier alpha value is -2.52. The molecule has 0 aromatic heterocycles. The fourth-order valence-corrected chi connectivity index (χ4v) is 4.95. The number of rotatable bonds is 7. The molecular weight excluding hydrogens is 400 g/mol. The zero-order valence-corrected chi connectivity index (χ0v) is 17.1. The Morgan fingerprint density at radius 2 is 1.86 bits per heavy atom. The number of sulfonamides is 1. The van der Waals surface area contributed by atoms with Gasteiger partial charge in [-0.05, 0) is 42.3 Å². The van der Waals surface area contributed by atoms with Crippen LogP contribution in [0.25, 0.3) is 0 Å². The van der Waals surface area contributed by atoms with Crippen molar-refractivity contribution in [3.63, 3.8) is 0 Å². The van der Waals surface area contributed by atoms with E-state index in [9.17, 15) is 22.0 Å². The molecule has 1 heterocycles. The summed E-state index contributed by atoms with van der Waals surface area (Å²) in [6.07, 6.45) is 0.596. The molecule has 1 aliphatic rings. The standard InChI is InChI=1S/C20H23F2N3O3S/c1-3-25(4-2)29(27,28)16-6-8-19-14(11-16)9-10-24(19)13-20(26)23-18-12-15(21)5-7-17(18)22/h5-8,11-12H,3-4,9-10,13H2,1-2H3,(H,23,26). The molecule has 1 N–H and O–H groups in total. The number of fused-ring (bicyclic) bond motifs is 1. The average molecular weight is 423 g/mol. The molecule has 0 saturated carbocycles. The third-order valence-corrected chi connectivity index (χ3v) is 6.97. The van der Waals surface area contributed by atoms with Crippen LogP contribution in [0.2, 0.25) is 0 Å². The fraction of sp³-hybridized carbons (Fsp3) is 0.350. The third kappa shape index (κ3) is 4.40. The van der Waals surface area contributed by atoms with Crippen molar-refractivity contribution in [2.45, 2.75) is 25.2 Å². The summed E-state index contributed by atoms with van der Waals surface area (Å²) in [5.41, 5.74) is 1.39. The minimum Gasteiger partial charge on any atom is -0.362 e. The Labute approximate surface area is 169 Å². The number of benzene rings is 2. The smallest absolute Gasteiger partial charge is 0.243 e. The second-order valence-corrected chi connectivity index (χ2v) is 8.66. The lowest BCUT2D eigenvalue weighted by Gasteiger charge is -2.21. The van der Waals surface area contributed by atoms with Crippen LogP contribution < -0.4 is 10.2 Å². The van der Waals surface area contributed by atoms with Gasteiger partial charge in [-0.2, -0.15) is 4.31 Å². The first-order chi connectivity index (χ1) is 13.8. The van der Waals surface area contributed by atoms with Crippen molar-refractivity contribution in [3.05, 3.63) is 53.6 Å². The largest absolute Gasteiger partial charge is 0.362 e. The molecule has 1 amide bonds. The fourth-order valence-electron chi connectivity index (χ4n) is 3.44. The number of amides is 1. The summed E-state index contributed by atoms with van der Waals surface area (Å²) in [4.78, 5) is 14.3. The molecule has 6 nitrogen and oxygen atoms in total. The highest BCUT2D eigenvalue weighted by Gasteiger charge is 2.26. The van der Waals surface area contributed by atoms with Crippen molar-refractivity contribution in [3.8, 4) is 0 Å². The van der Waals surface area contributed by atoms with Crippen LogP contribution in [0, 0.1) is 11.6 Å². The summed E-state index contributed by atoms with van der Waals surface area (Å²) >= 11 is 0. The van der Waals surface area contributed by atoms with E-state index in [0.717, 1.165) is 29.4 Å². The first kappa shape index (κ1) is 21.2. The molecule has 2 aromatic carbocycles. The maximum absolute atomic E-state index is 13.7. The molecule has 9 heteroatoms. The molecule has 156 valence electrons. The van der Waals surface area contributed by atoms with Crippen LogP contribution >= 0.6 is 0 Å². The number of hydrogen-bond donors (Lipinski definition) is 1. The van der Waals surface area contributed by atoms with E-state index in [-0.39, 0.29) is 17.1 Å². The van der Waals surface area contributed by atoms with E-state index in [4.69, 9.17) is 0 Å². The Morgan fingerprint density at radius 3 is 2.55 bits per heavy atom. The average Bonchev–Trinajstić information content (AvgIpc) is 3.07. The number of carbonyl (C=O) groups is 1. The lowest BCUT2D eigenvalue weighted by molar-refractivity contribution is -0.115. The Balaban J connectivity index is 1.75. The number of hydrogen-bond acceptors (Lipinski definition) is 4. The van der Waals surface area contributed by atoms with Crippen molar-refractivity contribution < 1.29 is 22.0 Å². The minimum atomic E-state index is -3.55. The second kappa shape index (κ2) is 8.46. The van der Waals surface area contributed by atoms with Crippen molar-refractivity contribution >= 4 is 27.3 Å². The molecule has 0 fully saturated rings. The number of halogens is 2. The van der Waals surface area contributed by atoms with Gasteiger partial charge in [0.15, 0.2) is 0 Å². The van der Waals surface area contributed by atoms with E-state index in [1.54, 1.807) is 30.9 Å². The van der Waals surface area contributed by atoms with Gasteiger partial charge in [0.1, 0.15) is 11.6 Å². The zero-order valence-electron chi connectivity index (χ0n) is 16.3. The molecule has 2 aromatic rings. The Bertz CT molecular complexity index is 1020. The molecule has 0 unspecified atom stereocenters. The van der Waals surface area contributed by atoms with E-state index in [1.165, 1.54) is 10.4 Å². The summed E-state index contributed by atoms with van der Waals surface area (Å²) < 4.78 is 53.8. The van der Waals surface area contributed by atoms with Gasteiger partial charge in [-0.25, -0.2) is 17.2 Å². The van der Waals surface area contributed by atoms with Crippen LogP contribution in [0.15, 0.2) is 41.3 Å². The van der Waals surface area contributed by atoms with E-state index in [0.29, 0.717) is 26.1 Å². The predicted octanol–water partition coefficient (Wildman–Crippen LogP) is 3.00. The predicted molar refractivity (Wildman–Crippen MR) is 107 cm³/mol. The van der Waals surface area contributed by atoms with Crippen LogP contribution in [-0.2, 0) is 21.2 Å². The maximum Gasteiger partial charge on any atom is 0.243 e. The van der Waals surface area contributed by atoms with Crippen LogP contribution in [-0.4, -0.2) is 44.8 Å². The topological polar surface area (TPSA) is 69.7 Å². The van der Waals surface area contributed by atoms with Crippen LogP contribution in [0.3, 0.4) is 0 Å². The third-order valence-electron chi connectivity index (χ3n) is 4.92. The summed E-state index contributed by atoms with van der Waals surface area (Å²) in [7, 11) is -3.55. The number of anilines is 2. The van der Waals surface area contributed by atoms with Crippen LogP contribution in [0.5, 0.6) is 0 Å². The number of nitrogens with one attached hydrogen (secondary N) is 1. The molecule has 29 heavy (non-hydrogen) atoms. The molecule has 0 bridgehead atoms. The number of carbonyl (C=O) groups excluding carboxylic acids is 1. The van der Waals surface area contributed by atoms with Crippen molar-refractivity contribution in [1.82, 2.24) is 4.31 Å². The normalized spacial score (nSPS) is 13.6. The molecular formula is C20H23F2N3O3S. The first-order valence-electron chi connectivity index (χ1n) is 9.39. The van der Waals surface area contributed by atoms with Gasteiger partial charge in [0, 0.05) is 31.4 Å². The summed E-state index contributed by atoms with van der Waals surface area (Å²) in [5.74, 6) is -1.84. The van der Waals surface area contributed by atoms with Gasteiger partial charge in [-0.1, -0.05) is 13.8 Å². The van der Waals surface area contributed by atoms with E-state index in [2.05, 4.69) is 5.32 Å². The molecule has 0 spiro atoms. The molecule has 0 atom stereocenters. The monoisotopic (exact) mass is 423 g/mol. The van der Waals surface area contributed by atoms with Gasteiger partial charge in [-0.15, -0.1) is 0 Å². The van der Waals surface area contributed by atoms with E-state index >= 15 is 0 Å². The van der Waals surface area contributed by atoms with Crippen LogP contribution in [0.4, 0.5) is 20.2 Å². The van der Waals surface area contributed by atoms with Crippen molar-refractivity contribution in [2.24, 2.45) is 0 Å². The Morgan fingerprint density at radius 1 is 1.14 bits per heavy atom. The minimum absolute atomic E-state index is 0.0505. The van der Waals surface area contributed by atoms with Crippen molar-refractivity contribution in [1.29, 1.82) is 0 Å². The van der Waals surface area contributed by atoms with Crippen molar-refractivity contribution in [2.75, 3.05) is 36.4 Å². The lowest BCUT2D eigenvalue weighted by Crippen LogP contribution is -2.32. The van der Waals surface area contributed by atoms with E-state index < -0.39 is 27.6 Å². The summed E-state index contributed by atoms with van der Waals surface area (Å²) in [5, 5.41) is 2.38. The van der Waals surface area contributed by atoms with Gasteiger partial charge in [0.25, 0.3) is 0 Å². The summed E-state index contributed by atoms with van der Waals surface area (Å²) in [6.45, 7) is 4.83.